The lowest BCUT2D eigenvalue weighted by atomic mass is 10.4. The quantitative estimate of drug-likeness (QED) is 0.472. The third-order valence-electron chi connectivity index (χ3n) is 3.72. The van der Waals surface area contributed by atoms with E-state index in [1.54, 1.807) is 5.70 Å². The van der Waals surface area contributed by atoms with Crippen LogP contribution in [0.1, 0.15) is 20.8 Å². The van der Waals surface area contributed by atoms with Crippen LogP contribution in [-0.2, 0) is 13.3 Å². The predicted molar refractivity (Wildman–Crippen MR) is 109 cm³/mol. The fraction of sp³-hybridized carbons (Fsp3) is 0.412. The van der Waals surface area contributed by atoms with Gasteiger partial charge in [-0.2, -0.15) is 0 Å². The van der Waals surface area contributed by atoms with Crippen LogP contribution in [0, 0.1) is 0 Å². The maximum atomic E-state index is 9.40. The zero-order valence-corrected chi connectivity index (χ0v) is 18.9. The van der Waals surface area contributed by atoms with Crippen LogP contribution in [0.15, 0.2) is 53.1 Å². The molecule has 146 valence electrons. The molecule has 6 nitrogen and oxygen atoms in total. The van der Waals surface area contributed by atoms with Crippen molar-refractivity contribution in [1.82, 2.24) is 0 Å². The summed E-state index contributed by atoms with van der Waals surface area (Å²) in [6.07, 6.45) is 0. The van der Waals surface area contributed by atoms with Crippen LogP contribution in [0.2, 0.25) is 6.55 Å². The van der Waals surface area contributed by atoms with E-state index in [4.69, 9.17) is 13.3 Å². The molecule has 26 heavy (non-hydrogen) atoms. The van der Waals surface area contributed by atoms with Gasteiger partial charge in [-0.15, -0.1) is 0 Å². The Morgan fingerprint density at radius 1 is 0.769 bits per heavy atom. The van der Waals surface area contributed by atoms with Gasteiger partial charge >= 0.3 is 17.6 Å². The summed E-state index contributed by atoms with van der Waals surface area (Å²) in [6, 6.07) is 9.77. The Bertz CT molecular complexity index is 571. The first-order chi connectivity index (χ1) is 12.2. The first-order valence-electron chi connectivity index (χ1n) is 8.75. The minimum Gasteiger partial charge on any atom is -0.387 e. The van der Waals surface area contributed by atoms with Crippen LogP contribution >= 0.6 is 0 Å². The van der Waals surface area contributed by atoms with Crippen LogP contribution < -0.4 is 5.19 Å². The molecule has 0 heterocycles. The molecule has 1 atom stereocenters. The summed E-state index contributed by atoms with van der Waals surface area (Å²) in [4.78, 5) is 28.2. The average Bonchev–Trinajstić information content (AvgIpc) is 2.59. The highest BCUT2D eigenvalue weighted by Crippen LogP contribution is 2.16. The Morgan fingerprint density at radius 2 is 1.23 bits per heavy atom. The van der Waals surface area contributed by atoms with Gasteiger partial charge in [-0.3, -0.25) is 0 Å². The van der Waals surface area contributed by atoms with E-state index in [2.05, 4.69) is 0 Å². The average molecular weight is 415 g/mol. The van der Waals surface area contributed by atoms with Crippen molar-refractivity contribution in [2.24, 2.45) is 0 Å². The number of hydrogen-bond acceptors (Lipinski definition) is 6. The number of benzene rings is 1. The minimum atomic E-state index is -4.28. The zero-order valence-electron chi connectivity index (χ0n) is 15.9. The van der Waals surface area contributed by atoms with Crippen molar-refractivity contribution in [2.75, 3.05) is 19.8 Å². The Morgan fingerprint density at radius 3 is 1.65 bits per heavy atom. The molecule has 0 aliphatic heterocycles. The molecule has 0 bridgehead atoms. The van der Waals surface area contributed by atoms with Gasteiger partial charge in [-0.25, -0.2) is 0 Å². The monoisotopic (exact) mass is 414 g/mol. The molecule has 1 rings (SSSR count). The molecule has 0 amide bonds. The number of hydrogen-bond donors (Lipinski definition) is 3. The predicted octanol–water partition coefficient (Wildman–Crippen LogP) is 1.21. The molecule has 0 aliphatic carbocycles. The van der Waals surface area contributed by atoms with Gasteiger partial charge in [-0.1, -0.05) is 53.5 Å². The highest BCUT2D eigenvalue weighted by Gasteiger charge is 2.39. The summed E-state index contributed by atoms with van der Waals surface area (Å²) in [6.45, 7) is 9.13. The van der Waals surface area contributed by atoms with Gasteiger partial charge < -0.3 is 27.7 Å². The summed E-state index contributed by atoms with van der Waals surface area (Å²) in [5.74, 6) is 0. The van der Waals surface area contributed by atoms with E-state index >= 15 is 0 Å². The first kappa shape index (κ1) is 23.2. The largest absolute Gasteiger partial charge is 0.528 e. The smallest absolute Gasteiger partial charge is 0.387 e. The lowest BCUT2D eigenvalue weighted by Gasteiger charge is -2.27. The van der Waals surface area contributed by atoms with E-state index in [0.717, 1.165) is 10.9 Å². The second-order valence-corrected chi connectivity index (χ2v) is 13.8. The molecule has 0 saturated heterocycles. The van der Waals surface area contributed by atoms with Crippen molar-refractivity contribution in [1.29, 1.82) is 0 Å². The molecule has 9 heteroatoms. The van der Waals surface area contributed by atoms with Gasteiger partial charge in [0.25, 0.3) is 0 Å². The first-order valence-corrected chi connectivity index (χ1v) is 15.1. The van der Waals surface area contributed by atoms with Gasteiger partial charge in [0.15, 0.2) is 0 Å². The van der Waals surface area contributed by atoms with Gasteiger partial charge in [-0.05, 0) is 32.2 Å². The van der Waals surface area contributed by atoms with E-state index in [1.165, 1.54) is 0 Å². The van der Waals surface area contributed by atoms with Crippen molar-refractivity contribution < 1.29 is 27.7 Å². The molecule has 1 aromatic rings. The highest BCUT2D eigenvalue weighted by atomic mass is 28.4. The van der Waals surface area contributed by atoms with Crippen molar-refractivity contribution in [3.05, 3.63) is 53.1 Å². The van der Waals surface area contributed by atoms with E-state index in [9.17, 15) is 14.4 Å². The van der Waals surface area contributed by atoms with Crippen LogP contribution in [0.4, 0.5) is 0 Å². The van der Waals surface area contributed by atoms with E-state index in [1.807, 2.05) is 69.0 Å². The third kappa shape index (κ3) is 7.39. The van der Waals surface area contributed by atoms with E-state index < -0.39 is 25.7 Å². The normalized spacial score (nSPS) is 15.7. The maximum absolute atomic E-state index is 9.40. The van der Waals surface area contributed by atoms with Gasteiger partial charge in [0.2, 0.25) is 0 Å². The molecule has 0 spiro atoms. The molecule has 1 aromatic carbocycles. The summed E-state index contributed by atoms with van der Waals surface area (Å²) in [7, 11) is -9.70. The molecule has 0 radical (unpaired) electrons. The molecule has 0 fully saturated rings. The van der Waals surface area contributed by atoms with Crippen molar-refractivity contribution >= 4 is 30.9 Å². The summed E-state index contributed by atoms with van der Waals surface area (Å²) in [5, 5.41) is 1.05. The van der Waals surface area contributed by atoms with Crippen molar-refractivity contribution in [3.63, 3.8) is 0 Å². The molecule has 1 unspecified atom stereocenters. The Labute approximate surface area is 159 Å². The summed E-state index contributed by atoms with van der Waals surface area (Å²) < 4.78 is 17.6. The lowest BCUT2D eigenvalue weighted by Crippen LogP contribution is -2.48. The lowest BCUT2D eigenvalue weighted by molar-refractivity contribution is 0.0843. The zero-order chi connectivity index (χ0) is 19.7. The van der Waals surface area contributed by atoms with Gasteiger partial charge in [0, 0.05) is 19.8 Å². The van der Waals surface area contributed by atoms with Crippen LogP contribution in [0.5, 0.6) is 0 Å². The second-order valence-electron chi connectivity index (χ2n) is 5.91. The van der Waals surface area contributed by atoms with Crippen LogP contribution in [0.25, 0.3) is 0 Å². The standard InChI is InChI=1S/C17H30O6Si3/c1-5-21-26(22-6-2,23-7-3)16-14-24(4,13-15-25(18,19)20)17-11-9-8-10-12-17/h8-16,18-20H,5-7H2,1-4H3. The molecule has 0 saturated carbocycles. The molecule has 0 aromatic heterocycles. The molecule has 3 N–H and O–H groups in total. The van der Waals surface area contributed by atoms with E-state index in [0.29, 0.717) is 19.8 Å². The Balaban J connectivity index is 3.33. The fourth-order valence-corrected chi connectivity index (χ4v) is 10.1. The summed E-state index contributed by atoms with van der Waals surface area (Å²) in [5.41, 5.74) is 6.73. The SMILES string of the molecule is CCO[Si](C=C[Si](C)(C=C[Si](O)(O)O)c1ccccc1)(OCC)OCC. The topological polar surface area (TPSA) is 88.4 Å². The Kier molecular flexibility index (Phi) is 9.30. The second kappa shape index (κ2) is 10.4. The van der Waals surface area contributed by atoms with E-state index in [-0.39, 0.29) is 0 Å². The minimum absolute atomic E-state index is 0.468. The third-order valence-corrected chi connectivity index (χ3v) is 10.9. The van der Waals surface area contributed by atoms with Crippen LogP contribution in [-0.4, -0.2) is 59.9 Å². The van der Waals surface area contributed by atoms with Crippen molar-refractivity contribution in [2.45, 2.75) is 27.3 Å². The Hall–Kier alpha value is -0.889. The number of rotatable bonds is 11. The summed E-state index contributed by atoms with van der Waals surface area (Å²) >= 11 is 0. The molecular weight excluding hydrogens is 384 g/mol. The fourth-order valence-electron chi connectivity index (χ4n) is 2.48. The highest BCUT2D eigenvalue weighted by molar-refractivity contribution is 7.00. The molecular formula is C17H30O6Si3. The molecule has 0 aliphatic rings. The van der Waals surface area contributed by atoms with Gasteiger partial charge in [0.05, 0.1) is 0 Å². The van der Waals surface area contributed by atoms with Crippen molar-refractivity contribution in [3.8, 4) is 0 Å². The maximum Gasteiger partial charge on any atom is 0.528 e. The van der Waals surface area contributed by atoms with Gasteiger partial charge in [0.1, 0.15) is 8.07 Å². The van der Waals surface area contributed by atoms with Crippen LogP contribution in [0.3, 0.4) is 0 Å².